The predicted molar refractivity (Wildman–Crippen MR) is 70.3 cm³/mol. The van der Waals surface area contributed by atoms with Crippen molar-refractivity contribution in [3.05, 3.63) is 28.8 Å². The Hall–Kier alpha value is -1.51. The Balaban J connectivity index is 2.54. The third-order valence-corrected chi connectivity index (χ3v) is 3.73. The van der Waals surface area contributed by atoms with Crippen molar-refractivity contribution >= 4 is 5.97 Å². The number of aliphatic carboxylic acids is 1. The zero-order chi connectivity index (χ0) is 13.3. The first kappa shape index (κ1) is 12.9. The van der Waals surface area contributed by atoms with Gasteiger partial charge in [-0.05, 0) is 36.5 Å². The summed E-state index contributed by atoms with van der Waals surface area (Å²) < 4.78 is 5.45. The van der Waals surface area contributed by atoms with Crippen LogP contribution in [0.1, 0.15) is 43.4 Å². The lowest BCUT2D eigenvalue weighted by molar-refractivity contribution is -0.138. The fourth-order valence-electron chi connectivity index (χ4n) is 3.02. The van der Waals surface area contributed by atoms with Gasteiger partial charge in [-0.25, -0.2) is 0 Å². The molecule has 0 fully saturated rings. The maximum atomic E-state index is 11.0. The number of ether oxygens (including phenoxy) is 1. The van der Waals surface area contributed by atoms with Gasteiger partial charge in [0.1, 0.15) is 5.75 Å². The smallest absolute Gasteiger partial charge is 0.304 e. The molecule has 1 aromatic carbocycles. The average molecular weight is 248 g/mol. The number of carboxylic acids is 1. The third kappa shape index (κ3) is 2.22. The van der Waals surface area contributed by atoms with Gasteiger partial charge in [0.05, 0.1) is 13.5 Å². The molecule has 1 aromatic rings. The van der Waals surface area contributed by atoms with Crippen LogP contribution in [0.5, 0.6) is 5.75 Å². The van der Waals surface area contributed by atoms with Crippen LogP contribution in [-0.2, 0) is 23.1 Å². The van der Waals surface area contributed by atoms with Crippen molar-refractivity contribution in [2.45, 2.75) is 44.9 Å². The van der Waals surface area contributed by atoms with Gasteiger partial charge < -0.3 is 9.84 Å². The van der Waals surface area contributed by atoms with Gasteiger partial charge in [-0.3, -0.25) is 4.79 Å². The second kappa shape index (κ2) is 4.63. The first-order valence-corrected chi connectivity index (χ1v) is 6.37. The van der Waals surface area contributed by atoms with Crippen molar-refractivity contribution < 1.29 is 14.6 Å². The van der Waals surface area contributed by atoms with Crippen LogP contribution in [0.2, 0.25) is 0 Å². The molecular weight excluding hydrogens is 228 g/mol. The quantitative estimate of drug-likeness (QED) is 0.891. The van der Waals surface area contributed by atoms with E-state index in [1.54, 1.807) is 7.11 Å². The molecule has 0 saturated heterocycles. The van der Waals surface area contributed by atoms with Crippen molar-refractivity contribution in [1.82, 2.24) is 0 Å². The Morgan fingerprint density at radius 2 is 2.11 bits per heavy atom. The van der Waals surface area contributed by atoms with E-state index in [2.05, 4.69) is 6.07 Å². The lowest BCUT2D eigenvalue weighted by Crippen LogP contribution is -2.24. The molecule has 1 aliphatic rings. The molecule has 0 radical (unpaired) electrons. The van der Waals surface area contributed by atoms with Crippen LogP contribution in [0.4, 0.5) is 0 Å². The van der Waals surface area contributed by atoms with Crippen LogP contribution < -0.4 is 4.74 Å². The minimum Gasteiger partial charge on any atom is -0.496 e. The van der Waals surface area contributed by atoms with E-state index in [4.69, 9.17) is 9.84 Å². The number of fused-ring (bicyclic) bond motifs is 1. The highest BCUT2D eigenvalue weighted by Gasteiger charge is 2.32. The van der Waals surface area contributed by atoms with Crippen LogP contribution in [-0.4, -0.2) is 18.2 Å². The second-order valence-electron chi connectivity index (χ2n) is 5.59. The monoisotopic (exact) mass is 248 g/mol. The zero-order valence-corrected chi connectivity index (χ0v) is 11.2. The summed E-state index contributed by atoms with van der Waals surface area (Å²) in [6, 6.07) is 4.09. The van der Waals surface area contributed by atoms with E-state index >= 15 is 0 Å². The molecule has 0 heterocycles. The van der Waals surface area contributed by atoms with Gasteiger partial charge in [0.25, 0.3) is 0 Å². The topological polar surface area (TPSA) is 46.5 Å². The Morgan fingerprint density at radius 1 is 1.39 bits per heavy atom. The molecule has 1 N–H and O–H groups in total. The van der Waals surface area contributed by atoms with Crippen LogP contribution in [0.3, 0.4) is 0 Å². The second-order valence-corrected chi connectivity index (χ2v) is 5.59. The third-order valence-electron chi connectivity index (χ3n) is 3.73. The average Bonchev–Trinajstić information content (AvgIpc) is 2.73. The summed E-state index contributed by atoms with van der Waals surface area (Å²) in [6.07, 6.45) is 3.40. The minimum atomic E-state index is -0.766. The van der Waals surface area contributed by atoms with E-state index in [1.807, 2.05) is 19.9 Å². The summed E-state index contributed by atoms with van der Waals surface area (Å²) >= 11 is 0. The van der Waals surface area contributed by atoms with Gasteiger partial charge >= 0.3 is 5.97 Å². The van der Waals surface area contributed by atoms with E-state index < -0.39 is 11.4 Å². The van der Waals surface area contributed by atoms with E-state index in [-0.39, 0.29) is 6.42 Å². The molecule has 0 amide bonds. The van der Waals surface area contributed by atoms with Crippen LogP contribution in [0.15, 0.2) is 12.1 Å². The van der Waals surface area contributed by atoms with Crippen LogP contribution in [0.25, 0.3) is 0 Å². The summed E-state index contributed by atoms with van der Waals surface area (Å²) in [4.78, 5) is 11.0. The van der Waals surface area contributed by atoms with Crippen molar-refractivity contribution in [2.75, 3.05) is 7.11 Å². The standard InChI is InChI=1S/C15H20O3/c1-15(2,9-13(16)17)14-11-6-4-5-10(11)7-8-12(14)18-3/h7-8H,4-6,9H2,1-3H3,(H,16,17). The first-order valence-electron chi connectivity index (χ1n) is 6.37. The van der Waals surface area contributed by atoms with Crippen molar-refractivity contribution in [3.63, 3.8) is 0 Å². The molecule has 18 heavy (non-hydrogen) atoms. The van der Waals surface area contributed by atoms with Crippen molar-refractivity contribution in [3.8, 4) is 5.75 Å². The molecule has 0 spiro atoms. The number of hydrogen-bond acceptors (Lipinski definition) is 2. The summed E-state index contributed by atoms with van der Waals surface area (Å²) in [5, 5.41) is 9.08. The normalized spacial score (nSPS) is 14.4. The SMILES string of the molecule is COc1ccc2c(c1C(C)(C)CC(=O)O)CCC2. The van der Waals surface area contributed by atoms with Gasteiger partial charge in [-0.2, -0.15) is 0 Å². The van der Waals surface area contributed by atoms with Crippen LogP contribution >= 0.6 is 0 Å². The molecule has 0 saturated carbocycles. The number of carboxylic acid groups (broad SMARTS) is 1. The summed E-state index contributed by atoms with van der Waals surface area (Å²) in [5.74, 6) is 0.0551. The van der Waals surface area contributed by atoms with Gasteiger partial charge in [-0.15, -0.1) is 0 Å². The number of methoxy groups -OCH3 is 1. The highest BCUT2D eigenvalue weighted by Crippen LogP contribution is 2.41. The first-order chi connectivity index (χ1) is 8.45. The molecule has 1 aliphatic carbocycles. The van der Waals surface area contributed by atoms with Crippen LogP contribution in [0, 0.1) is 0 Å². The summed E-state index contributed by atoms with van der Waals surface area (Å²) in [7, 11) is 1.65. The Morgan fingerprint density at radius 3 is 2.72 bits per heavy atom. The molecule has 0 aliphatic heterocycles. The van der Waals surface area contributed by atoms with E-state index in [0.717, 1.165) is 30.6 Å². The number of hydrogen-bond donors (Lipinski definition) is 1. The largest absolute Gasteiger partial charge is 0.496 e. The molecule has 0 bridgehead atoms. The number of aryl methyl sites for hydroxylation is 1. The van der Waals surface area contributed by atoms with Gasteiger partial charge in [-0.1, -0.05) is 19.9 Å². The minimum absolute atomic E-state index is 0.125. The predicted octanol–water partition coefficient (Wildman–Crippen LogP) is 2.94. The van der Waals surface area contributed by atoms with Gasteiger partial charge in [0.2, 0.25) is 0 Å². The molecular formula is C15H20O3. The van der Waals surface area contributed by atoms with E-state index in [0.29, 0.717) is 0 Å². The van der Waals surface area contributed by atoms with Gasteiger partial charge in [0, 0.05) is 11.0 Å². The fourth-order valence-corrected chi connectivity index (χ4v) is 3.02. The Labute approximate surface area is 108 Å². The van der Waals surface area contributed by atoms with E-state index in [1.165, 1.54) is 11.1 Å². The fraction of sp³-hybridized carbons (Fsp3) is 0.533. The summed E-state index contributed by atoms with van der Waals surface area (Å²) in [6.45, 7) is 3.97. The highest BCUT2D eigenvalue weighted by atomic mass is 16.5. The molecule has 0 aromatic heterocycles. The molecule has 98 valence electrons. The molecule has 3 nitrogen and oxygen atoms in total. The van der Waals surface area contributed by atoms with Crippen molar-refractivity contribution in [2.24, 2.45) is 0 Å². The van der Waals surface area contributed by atoms with E-state index in [9.17, 15) is 4.79 Å². The molecule has 3 heteroatoms. The Kier molecular flexibility index (Phi) is 3.33. The maximum Gasteiger partial charge on any atom is 0.304 e. The Bertz CT molecular complexity index is 475. The summed E-state index contributed by atoms with van der Waals surface area (Å²) in [5.41, 5.74) is 3.35. The van der Waals surface area contributed by atoms with Gasteiger partial charge in [0.15, 0.2) is 0 Å². The number of rotatable bonds is 4. The number of carbonyl (C=O) groups is 1. The molecule has 0 atom stereocenters. The number of benzene rings is 1. The molecule has 2 rings (SSSR count). The lowest BCUT2D eigenvalue weighted by Gasteiger charge is -2.28. The molecule has 0 unspecified atom stereocenters. The zero-order valence-electron chi connectivity index (χ0n) is 11.2. The lowest BCUT2D eigenvalue weighted by atomic mass is 9.77. The highest BCUT2D eigenvalue weighted by molar-refractivity contribution is 5.70. The maximum absolute atomic E-state index is 11.0. The van der Waals surface area contributed by atoms with Crippen molar-refractivity contribution in [1.29, 1.82) is 0 Å².